The van der Waals surface area contributed by atoms with E-state index in [0.29, 0.717) is 6.42 Å². The van der Waals surface area contributed by atoms with Crippen molar-refractivity contribution in [2.75, 3.05) is 28.3 Å². The summed E-state index contributed by atoms with van der Waals surface area (Å²) in [6.07, 6.45) is -8.73. The van der Waals surface area contributed by atoms with Crippen LogP contribution in [0.4, 0.5) is 0 Å². The molecular formula is C38H70N2O16. The first-order valence-electron chi connectivity index (χ1n) is 19.4. The van der Waals surface area contributed by atoms with Crippen molar-refractivity contribution in [3.05, 3.63) is 10.1 Å². The zero-order chi connectivity index (χ0) is 43.2. The summed E-state index contributed by atoms with van der Waals surface area (Å²) >= 11 is 0. The van der Waals surface area contributed by atoms with Gasteiger partial charge in [0.15, 0.2) is 12.6 Å². The van der Waals surface area contributed by atoms with Crippen LogP contribution in [0.1, 0.15) is 94.9 Å². The smallest absolute Gasteiger partial charge is 0.311 e. The van der Waals surface area contributed by atoms with Crippen LogP contribution >= 0.6 is 0 Å². The van der Waals surface area contributed by atoms with E-state index in [9.17, 15) is 30.0 Å². The lowest BCUT2D eigenvalue weighted by atomic mass is 9.74. The molecule has 3 heterocycles. The molecular weight excluding hydrogens is 740 g/mol. The van der Waals surface area contributed by atoms with Crippen LogP contribution in [0.25, 0.3) is 0 Å². The molecule has 0 unspecified atom stereocenters. The van der Waals surface area contributed by atoms with E-state index in [1.807, 2.05) is 32.8 Å². The van der Waals surface area contributed by atoms with Gasteiger partial charge in [0.1, 0.15) is 29.7 Å². The minimum atomic E-state index is -1.96. The van der Waals surface area contributed by atoms with Gasteiger partial charge in [0.05, 0.1) is 47.6 Å². The molecule has 0 bridgehead atoms. The number of carbonyl (C=O) groups is 2. The summed E-state index contributed by atoms with van der Waals surface area (Å²) in [6, 6.07) is -0.283. The van der Waals surface area contributed by atoms with Crippen LogP contribution in [0.5, 0.6) is 0 Å². The van der Waals surface area contributed by atoms with Crippen molar-refractivity contribution >= 4 is 11.8 Å². The fourth-order valence-corrected chi connectivity index (χ4v) is 8.58. The van der Waals surface area contributed by atoms with Crippen molar-refractivity contribution in [3.63, 3.8) is 0 Å². The van der Waals surface area contributed by atoms with Gasteiger partial charge in [-0.05, 0) is 74.9 Å². The Morgan fingerprint density at radius 3 is 1.95 bits per heavy atom. The van der Waals surface area contributed by atoms with Crippen molar-refractivity contribution in [1.29, 1.82) is 0 Å². The monoisotopic (exact) mass is 810 g/mol. The lowest BCUT2D eigenvalue weighted by Crippen LogP contribution is -2.61. The van der Waals surface area contributed by atoms with E-state index in [4.69, 9.17) is 48.5 Å². The van der Waals surface area contributed by atoms with Gasteiger partial charge in [-0.2, -0.15) is 0 Å². The minimum absolute atomic E-state index is 0.111. The van der Waals surface area contributed by atoms with E-state index >= 15 is 0 Å². The number of methoxy groups -OCH3 is 2. The number of hydrogen-bond donors (Lipinski definition) is 5. The van der Waals surface area contributed by atoms with Crippen LogP contribution in [0.2, 0.25) is 0 Å². The SMILES string of the molecule is CC[C@H]1OC(=O)[C@H](C)[C@@H](O[C@H]2C[C@@](C)(OC)[C@@H](O)[C@H](C)O2)[C@H](C)[C@@H](O[C@@H]2O[C@H](C)C[C@H](N(C)C)[C@H]2O)[C@](C)(OC)C[C@@H](C)C(=O)[C@H](C)[C@@H](O)[C@]1(C)O.O=[N+]([O-])O. The van der Waals surface area contributed by atoms with E-state index in [-0.39, 0.29) is 37.2 Å². The fraction of sp³-hybridized carbons (Fsp3) is 0.947. The van der Waals surface area contributed by atoms with Gasteiger partial charge in [-0.1, -0.05) is 27.7 Å². The van der Waals surface area contributed by atoms with Crippen molar-refractivity contribution in [3.8, 4) is 0 Å². The second-order valence-corrected chi connectivity index (χ2v) is 16.9. The number of cyclic esters (lactones) is 1. The summed E-state index contributed by atoms with van der Waals surface area (Å²) in [6.45, 7) is 17.1. The number of ketones is 1. The molecule has 0 aromatic heterocycles. The molecule has 0 saturated carbocycles. The molecule has 3 aliphatic heterocycles. The second-order valence-electron chi connectivity index (χ2n) is 16.9. The summed E-state index contributed by atoms with van der Waals surface area (Å²) in [7, 11) is 6.77. The van der Waals surface area contributed by atoms with Crippen molar-refractivity contribution in [1.82, 2.24) is 4.90 Å². The highest BCUT2D eigenvalue weighted by Gasteiger charge is 2.54. The molecule has 3 fully saturated rings. The van der Waals surface area contributed by atoms with Crippen LogP contribution in [0, 0.1) is 33.8 Å². The zero-order valence-electron chi connectivity index (χ0n) is 35.6. The molecule has 0 aliphatic carbocycles. The maximum absolute atomic E-state index is 14.2. The summed E-state index contributed by atoms with van der Waals surface area (Å²) in [5, 5.41) is 59.2. The Labute approximate surface area is 331 Å². The molecule has 18 heteroatoms. The number of esters is 1. The largest absolute Gasteiger partial charge is 0.459 e. The Hall–Kier alpha value is -2.10. The molecule has 0 aromatic carbocycles. The third-order valence-electron chi connectivity index (χ3n) is 12.3. The topological polar surface area (TPSA) is 246 Å². The lowest BCUT2D eigenvalue weighted by Gasteiger charge is -2.50. The number of nitrogens with zero attached hydrogens (tertiary/aromatic N) is 2. The maximum atomic E-state index is 14.2. The first-order chi connectivity index (χ1) is 25.7. The number of hydrogen-bond acceptors (Lipinski definition) is 16. The highest BCUT2D eigenvalue weighted by Crippen LogP contribution is 2.41. The van der Waals surface area contributed by atoms with Gasteiger partial charge < -0.3 is 63.7 Å². The second kappa shape index (κ2) is 20.2. The summed E-state index contributed by atoms with van der Waals surface area (Å²) < 4.78 is 43.9. The van der Waals surface area contributed by atoms with Gasteiger partial charge in [-0.15, -0.1) is 10.1 Å². The Bertz CT molecular complexity index is 1290. The molecule has 18 atom stereocenters. The normalized spacial score (nSPS) is 45.9. The number of rotatable bonds is 8. The van der Waals surface area contributed by atoms with Crippen LogP contribution in [0.15, 0.2) is 0 Å². The molecule has 0 aromatic rings. The summed E-state index contributed by atoms with van der Waals surface area (Å²) in [4.78, 5) is 38.4. The maximum Gasteiger partial charge on any atom is 0.311 e. The van der Waals surface area contributed by atoms with Crippen molar-refractivity contribution in [2.24, 2.45) is 23.7 Å². The fourth-order valence-electron chi connectivity index (χ4n) is 8.58. The van der Waals surface area contributed by atoms with Crippen LogP contribution in [0.3, 0.4) is 0 Å². The molecule has 0 radical (unpaired) electrons. The number of carbonyl (C=O) groups excluding carboxylic acids is 2. The number of Topliss-reactive ketones (excluding diaryl/α,β-unsaturated/α-hetero) is 1. The molecule has 3 rings (SSSR count). The molecule has 3 aliphatic rings. The Kier molecular flexibility index (Phi) is 18.1. The van der Waals surface area contributed by atoms with Gasteiger partial charge in [0.2, 0.25) is 0 Å². The highest BCUT2D eigenvalue weighted by atomic mass is 16.9. The van der Waals surface area contributed by atoms with Gasteiger partial charge in [-0.3, -0.25) is 9.59 Å². The summed E-state index contributed by atoms with van der Waals surface area (Å²) in [5.41, 5.74) is -4.24. The van der Waals surface area contributed by atoms with Crippen molar-refractivity contribution < 1.29 is 73.5 Å². The molecule has 3 saturated heterocycles. The average Bonchev–Trinajstić information content (AvgIpc) is 3.12. The molecule has 328 valence electrons. The lowest BCUT2D eigenvalue weighted by molar-refractivity contribution is -0.742. The van der Waals surface area contributed by atoms with E-state index < -0.39 is 107 Å². The summed E-state index contributed by atoms with van der Waals surface area (Å²) in [5.74, 6) is -4.47. The molecule has 0 spiro atoms. The van der Waals surface area contributed by atoms with Crippen LogP contribution in [-0.4, -0.2) is 160 Å². The number of aliphatic hydroxyl groups is 4. The van der Waals surface area contributed by atoms with Crippen LogP contribution < -0.4 is 0 Å². The Morgan fingerprint density at radius 2 is 1.45 bits per heavy atom. The van der Waals surface area contributed by atoms with Gasteiger partial charge in [-0.25, -0.2) is 0 Å². The van der Waals surface area contributed by atoms with E-state index in [2.05, 4.69) is 0 Å². The quantitative estimate of drug-likeness (QED) is 0.134. The number of likely N-dealkylation sites (N-methyl/N-ethyl adjacent to an activating group) is 1. The average molecular weight is 811 g/mol. The van der Waals surface area contributed by atoms with Crippen LogP contribution in [-0.2, 0) is 42.7 Å². The van der Waals surface area contributed by atoms with E-state index in [1.54, 1.807) is 48.5 Å². The standard InChI is InChI=1S/C38H69NO13.HNO3/c1-15-26-38(10,45)31(42)21(4)28(40)19(2)17-37(9,47-14)33(52-35-29(41)25(39(11)12)16-20(3)48-35)22(5)30(23(6)34(44)50-26)51-27-18-36(8,46-13)32(43)24(7)49-27;2-1(3)4/h19-27,29-33,35,41-43,45H,15-18H2,1-14H3;(H,2,3,4)/t19-,20-,21+,22+,23-,24+,25+,26-,27+,29-,30+,31-,32+,33-,35+,36-,37-,38-;/m1./s1. The van der Waals surface area contributed by atoms with Crippen molar-refractivity contribution in [2.45, 2.75) is 179 Å². The Balaban J connectivity index is 0.00000258. The number of ether oxygens (including phenoxy) is 7. The predicted octanol–water partition coefficient (Wildman–Crippen LogP) is 2.09. The number of aliphatic hydroxyl groups excluding tert-OH is 3. The van der Waals surface area contributed by atoms with E-state index in [1.165, 1.54) is 21.1 Å². The molecule has 18 nitrogen and oxygen atoms in total. The Morgan fingerprint density at radius 1 is 0.893 bits per heavy atom. The highest BCUT2D eigenvalue weighted by molar-refractivity contribution is 5.83. The first-order valence-corrected chi connectivity index (χ1v) is 19.4. The zero-order valence-corrected chi connectivity index (χ0v) is 35.6. The van der Waals surface area contributed by atoms with E-state index in [0.717, 1.165) is 0 Å². The first kappa shape index (κ1) is 50.0. The third-order valence-corrected chi connectivity index (χ3v) is 12.3. The molecule has 56 heavy (non-hydrogen) atoms. The molecule has 0 amide bonds. The molecule has 5 N–H and O–H groups in total. The van der Waals surface area contributed by atoms with Gasteiger partial charge in [0, 0.05) is 44.4 Å². The third kappa shape index (κ3) is 11.5. The minimum Gasteiger partial charge on any atom is -0.459 e. The van der Waals surface area contributed by atoms with Gasteiger partial charge in [0.25, 0.3) is 5.09 Å². The predicted molar refractivity (Wildman–Crippen MR) is 200 cm³/mol. The van der Waals surface area contributed by atoms with Gasteiger partial charge >= 0.3 is 5.97 Å².